The van der Waals surface area contributed by atoms with Crippen LogP contribution in [0.4, 0.5) is 5.69 Å². The first-order valence-corrected chi connectivity index (χ1v) is 7.14. The third-order valence-corrected chi connectivity index (χ3v) is 3.81. The predicted octanol–water partition coefficient (Wildman–Crippen LogP) is 1.31. The van der Waals surface area contributed by atoms with Gasteiger partial charge in [0.25, 0.3) is 0 Å². The summed E-state index contributed by atoms with van der Waals surface area (Å²) in [6.07, 6.45) is 0. The molecular formula is C13H17N5OS. The fraction of sp³-hybridized carbons (Fsp3) is 0.308. The number of carbonyl (C=O) groups excluding carboxylic acids is 1. The number of aromatic nitrogens is 3. The van der Waals surface area contributed by atoms with Crippen LogP contribution >= 0.6 is 11.8 Å². The van der Waals surface area contributed by atoms with Crippen LogP contribution in [0.15, 0.2) is 29.4 Å². The third-order valence-electron chi connectivity index (χ3n) is 2.77. The number of hydrogen-bond donors (Lipinski definition) is 2. The van der Waals surface area contributed by atoms with Gasteiger partial charge in [0.1, 0.15) is 0 Å². The van der Waals surface area contributed by atoms with E-state index in [1.54, 1.807) is 0 Å². The normalized spacial score (nSPS) is 10.5. The van der Waals surface area contributed by atoms with E-state index in [-0.39, 0.29) is 11.7 Å². The summed E-state index contributed by atoms with van der Waals surface area (Å²) < 4.78 is 1.86. The minimum atomic E-state index is -0.364. The molecule has 0 aliphatic carbocycles. The molecule has 0 atom stereocenters. The highest BCUT2D eigenvalue weighted by Gasteiger charge is 2.09. The van der Waals surface area contributed by atoms with Crippen molar-refractivity contribution in [1.82, 2.24) is 14.8 Å². The minimum Gasteiger partial charge on any atom is -0.378 e. The van der Waals surface area contributed by atoms with Gasteiger partial charge in [-0.3, -0.25) is 4.79 Å². The van der Waals surface area contributed by atoms with E-state index in [1.807, 2.05) is 35.9 Å². The Hall–Kier alpha value is -2.02. The van der Waals surface area contributed by atoms with Gasteiger partial charge in [-0.1, -0.05) is 29.5 Å². The zero-order chi connectivity index (χ0) is 14.5. The maximum absolute atomic E-state index is 10.8. The predicted molar refractivity (Wildman–Crippen MR) is 79.4 cm³/mol. The molecule has 0 unspecified atom stereocenters. The van der Waals surface area contributed by atoms with E-state index in [1.165, 1.54) is 17.3 Å². The van der Waals surface area contributed by atoms with Crippen molar-refractivity contribution < 1.29 is 4.79 Å². The Morgan fingerprint density at radius 2 is 2.05 bits per heavy atom. The number of benzene rings is 1. The average molecular weight is 291 g/mol. The number of nitrogens with one attached hydrogen (secondary N) is 1. The van der Waals surface area contributed by atoms with Crippen molar-refractivity contribution in [2.45, 2.75) is 18.6 Å². The lowest BCUT2D eigenvalue weighted by molar-refractivity contribution is -0.115. The Morgan fingerprint density at radius 1 is 1.35 bits per heavy atom. The van der Waals surface area contributed by atoms with Gasteiger partial charge in [-0.2, -0.15) is 0 Å². The summed E-state index contributed by atoms with van der Waals surface area (Å²) in [5.74, 6) is 0.645. The van der Waals surface area contributed by atoms with Crippen LogP contribution in [-0.2, 0) is 18.4 Å². The van der Waals surface area contributed by atoms with Gasteiger partial charge >= 0.3 is 0 Å². The first-order valence-electron chi connectivity index (χ1n) is 6.16. The van der Waals surface area contributed by atoms with Crippen LogP contribution in [-0.4, -0.2) is 26.4 Å². The average Bonchev–Trinajstić information content (AvgIpc) is 2.77. The molecule has 2 rings (SSSR count). The number of aryl methyl sites for hydroxylation is 1. The van der Waals surface area contributed by atoms with Crippen LogP contribution in [0, 0.1) is 6.92 Å². The lowest BCUT2D eigenvalue weighted by Gasteiger charge is -2.06. The second-order valence-corrected chi connectivity index (χ2v) is 5.37. The van der Waals surface area contributed by atoms with Crippen molar-refractivity contribution in [3.05, 3.63) is 35.7 Å². The summed E-state index contributed by atoms with van der Waals surface area (Å²) in [4.78, 5) is 10.8. The first kappa shape index (κ1) is 14.4. The van der Waals surface area contributed by atoms with Crippen molar-refractivity contribution in [2.24, 2.45) is 12.8 Å². The summed E-state index contributed by atoms with van der Waals surface area (Å²) in [6, 6.07) is 8.14. The Balaban J connectivity index is 1.96. The van der Waals surface area contributed by atoms with Gasteiger partial charge in [0.15, 0.2) is 11.0 Å². The van der Waals surface area contributed by atoms with Gasteiger partial charge < -0.3 is 15.6 Å². The molecule has 0 saturated heterocycles. The number of nitrogens with zero attached hydrogens (tertiary/aromatic N) is 3. The van der Waals surface area contributed by atoms with Gasteiger partial charge in [0.05, 0.1) is 12.3 Å². The molecule has 106 valence electrons. The Labute approximate surface area is 121 Å². The SMILES string of the molecule is Cc1ccc(NCc2nnc(SCC(N)=O)n2C)cc1. The number of carbonyl (C=O) groups is 1. The molecule has 1 amide bonds. The first-order chi connectivity index (χ1) is 9.56. The van der Waals surface area contributed by atoms with E-state index >= 15 is 0 Å². The highest BCUT2D eigenvalue weighted by atomic mass is 32.2. The van der Waals surface area contributed by atoms with E-state index in [2.05, 4.69) is 22.4 Å². The molecule has 1 aromatic carbocycles. The second kappa shape index (κ2) is 6.42. The molecule has 2 aromatic rings. The zero-order valence-corrected chi connectivity index (χ0v) is 12.3. The zero-order valence-electron chi connectivity index (χ0n) is 11.5. The molecule has 0 fully saturated rings. The number of rotatable bonds is 6. The molecule has 3 N–H and O–H groups in total. The molecule has 0 spiro atoms. The monoisotopic (exact) mass is 291 g/mol. The fourth-order valence-corrected chi connectivity index (χ4v) is 2.28. The molecular weight excluding hydrogens is 274 g/mol. The molecule has 7 heteroatoms. The van der Waals surface area contributed by atoms with Crippen molar-refractivity contribution in [3.8, 4) is 0 Å². The van der Waals surface area contributed by atoms with Crippen molar-refractivity contribution in [3.63, 3.8) is 0 Å². The van der Waals surface area contributed by atoms with Gasteiger partial charge in [-0.15, -0.1) is 10.2 Å². The molecule has 1 aromatic heterocycles. The molecule has 0 aliphatic rings. The number of nitrogens with two attached hydrogens (primary N) is 1. The molecule has 0 aliphatic heterocycles. The smallest absolute Gasteiger partial charge is 0.227 e. The number of thioether (sulfide) groups is 1. The van der Waals surface area contributed by atoms with E-state index in [0.29, 0.717) is 11.7 Å². The molecule has 20 heavy (non-hydrogen) atoms. The molecule has 0 radical (unpaired) electrons. The van der Waals surface area contributed by atoms with E-state index < -0.39 is 0 Å². The summed E-state index contributed by atoms with van der Waals surface area (Å²) in [6.45, 7) is 2.62. The highest BCUT2D eigenvalue weighted by molar-refractivity contribution is 7.99. The van der Waals surface area contributed by atoms with Crippen molar-refractivity contribution in [1.29, 1.82) is 0 Å². The Bertz CT molecular complexity index is 593. The van der Waals surface area contributed by atoms with Gasteiger partial charge in [-0.05, 0) is 19.1 Å². The van der Waals surface area contributed by atoms with Crippen LogP contribution in [0.3, 0.4) is 0 Å². The van der Waals surface area contributed by atoms with Crippen molar-refractivity contribution >= 4 is 23.4 Å². The number of primary amides is 1. The lowest BCUT2D eigenvalue weighted by atomic mass is 10.2. The van der Waals surface area contributed by atoms with Crippen LogP contribution in [0.25, 0.3) is 0 Å². The maximum Gasteiger partial charge on any atom is 0.227 e. The van der Waals surface area contributed by atoms with E-state index in [4.69, 9.17) is 5.73 Å². The second-order valence-electron chi connectivity index (χ2n) is 4.43. The van der Waals surface area contributed by atoms with Gasteiger partial charge in [0.2, 0.25) is 5.91 Å². The van der Waals surface area contributed by atoms with Gasteiger partial charge in [-0.25, -0.2) is 0 Å². The standard InChI is InChI=1S/C13H17N5OS/c1-9-3-5-10(6-4-9)15-7-12-16-17-13(18(12)2)20-8-11(14)19/h3-6,15H,7-8H2,1-2H3,(H2,14,19). The number of amides is 1. The van der Waals surface area contributed by atoms with Crippen LogP contribution in [0.1, 0.15) is 11.4 Å². The Kier molecular flexibility index (Phi) is 4.62. The van der Waals surface area contributed by atoms with E-state index in [0.717, 1.165) is 11.5 Å². The maximum atomic E-state index is 10.8. The van der Waals surface area contributed by atoms with Crippen molar-refractivity contribution in [2.75, 3.05) is 11.1 Å². The lowest BCUT2D eigenvalue weighted by Crippen LogP contribution is -2.13. The minimum absolute atomic E-state index is 0.206. The number of anilines is 1. The largest absolute Gasteiger partial charge is 0.378 e. The molecule has 6 nitrogen and oxygen atoms in total. The van der Waals surface area contributed by atoms with Crippen LogP contribution in [0.2, 0.25) is 0 Å². The quantitative estimate of drug-likeness (QED) is 0.784. The van der Waals surface area contributed by atoms with Gasteiger partial charge in [0, 0.05) is 12.7 Å². The summed E-state index contributed by atoms with van der Waals surface area (Å²) in [7, 11) is 1.87. The third kappa shape index (κ3) is 3.74. The van der Waals surface area contributed by atoms with Crippen LogP contribution < -0.4 is 11.1 Å². The topological polar surface area (TPSA) is 85.8 Å². The fourth-order valence-electron chi connectivity index (χ4n) is 1.61. The Morgan fingerprint density at radius 3 is 2.70 bits per heavy atom. The molecule has 1 heterocycles. The molecule has 0 saturated carbocycles. The summed E-state index contributed by atoms with van der Waals surface area (Å²) in [5.41, 5.74) is 7.37. The summed E-state index contributed by atoms with van der Waals surface area (Å²) >= 11 is 1.29. The highest BCUT2D eigenvalue weighted by Crippen LogP contribution is 2.16. The van der Waals surface area contributed by atoms with Crippen LogP contribution in [0.5, 0.6) is 0 Å². The molecule has 0 bridgehead atoms. The summed E-state index contributed by atoms with van der Waals surface area (Å²) in [5, 5.41) is 12.1. The van der Waals surface area contributed by atoms with E-state index in [9.17, 15) is 4.79 Å². The number of hydrogen-bond acceptors (Lipinski definition) is 5.